The number of Topliss-reactive ketones (excluding diaryl/α,β-unsaturated/α-hetero) is 1. The molecule has 72 valence electrons. The summed E-state index contributed by atoms with van der Waals surface area (Å²) in [6.07, 6.45) is 0.624. The van der Waals surface area contributed by atoms with Gasteiger partial charge in [-0.25, -0.2) is 9.59 Å². The summed E-state index contributed by atoms with van der Waals surface area (Å²) in [5.41, 5.74) is -0.894. The molecule has 0 aromatic carbocycles. The van der Waals surface area contributed by atoms with E-state index in [2.05, 4.69) is 4.74 Å². The van der Waals surface area contributed by atoms with E-state index in [9.17, 15) is 14.4 Å². The van der Waals surface area contributed by atoms with E-state index < -0.39 is 23.3 Å². The number of hydrogen-bond donors (Lipinski definition) is 2. The van der Waals surface area contributed by atoms with Gasteiger partial charge >= 0.3 is 11.9 Å². The molecule has 0 aliphatic carbocycles. The second kappa shape index (κ2) is 4.91. The number of aliphatic carboxylic acids is 2. The van der Waals surface area contributed by atoms with E-state index in [0.717, 1.165) is 0 Å². The van der Waals surface area contributed by atoms with E-state index in [-0.39, 0.29) is 6.61 Å². The summed E-state index contributed by atoms with van der Waals surface area (Å²) in [6.45, 7) is 1.73. The quantitative estimate of drug-likeness (QED) is 0.201. The lowest BCUT2D eigenvalue weighted by Gasteiger charge is -1.97. The summed E-state index contributed by atoms with van der Waals surface area (Å²) in [5, 5.41) is 16.6. The van der Waals surface area contributed by atoms with Gasteiger partial charge in [-0.3, -0.25) is 4.79 Å². The zero-order valence-corrected chi connectivity index (χ0v) is 6.81. The Morgan fingerprint density at radius 1 is 1.23 bits per heavy atom. The number of ether oxygens (including phenoxy) is 1. The van der Waals surface area contributed by atoms with Crippen molar-refractivity contribution in [2.45, 2.75) is 6.92 Å². The summed E-state index contributed by atoms with van der Waals surface area (Å²) in [4.78, 5) is 31.1. The van der Waals surface area contributed by atoms with Gasteiger partial charge in [-0.1, -0.05) is 0 Å². The van der Waals surface area contributed by atoms with Crippen LogP contribution in [0.2, 0.25) is 0 Å². The predicted molar refractivity (Wildman–Crippen MR) is 40.0 cm³/mol. The first-order valence-corrected chi connectivity index (χ1v) is 3.33. The van der Waals surface area contributed by atoms with E-state index in [0.29, 0.717) is 6.26 Å². The van der Waals surface area contributed by atoms with E-state index >= 15 is 0 Å². The van der Waals surface area contributed by atoms with Crippen LogP contribution in [0.15, 0.2) is 11.8 Å². The van der Waals surface area contributed by atoms with E-state index in [1.165, 1.54) is 0 Å². The Balaban J connectivity index is 4.71. The molecule has 0 aliphatic heterocycles. The molecule has 0 aromatic heterocycles. The molecule has 0 atom stereocenters. The van der Waals surface area contributed by atoms with Gasteiger partial charge in [0, 0.05) is 0 Å². The van der Waals surface area contributed by atoms with Crippen LogP contribution >= 0.6 is 0 Å². The van der Waals surface area contributed by atoms with E-state index in [1.807, 2.05) is 0 Å². The largest absolute Gasteiger partial charge is 0.500 e. The van der Waals surface area contributed by atoms with Gasteiger partial charge in [-0.05, 0) is 6.92 Å². The summed E-state index contributed by atoms with van der Waals surface area (Å²) >= 11 is 0. The Morgan fingerprint density at radius 3 is 2.08 bits per heavy atom. The second-order valence-corrected chi connectivity index (χ2v) is 1.93. The van der Waals surface area contributed by atoms with Gasteiger partial charge < -0.3 is 14.9 Å². The molecule has 0 heterocycles. The van der Waals surface area contributed by atoms with Crippen molar-refractivity contribution in [2.24, 2.45) is 0 Å². The van der Waals surface area contributed by atoms with Crippen LogP contribution < -0.4 is 0 Å². The van der Waals surface area contributed by atoms with Crippen molar-refractivity contribution < 1.29 is 29.3 Å². The van der Waals surface area contributed by atoms with Gasteiger partial charge in [0.05, 0.1) is 6.61 Å². The molecular formula is C7H8O6. The fraction of sp³-hybridized carbons (Fsp3) is 0.286. The van der Waals surface area contributed by atoms with Crippen molar-refractivity contribution in [1.82, 2.24) is 0 Å². The Labute approximate surface area is 73.4 Å². The van der Waals surface area contributed by atoms with Crippen molar-refractivity contribution in [3.8, 4) is 0 Å². The first-order valence-electron chi connectivity index (χ1n) is 3.33. The molecule has 0 amide bonds. The van der Waals surface area contributed by atoms with Crippen molar-refractivity contribution in [2.75, 3.05) is 6.61 Å². The minimum Gasteiger partial charge on any atom is -0.500 e. The highest BCUT2D eigenvalue weighted by molar-refractivity contribution is 6.45. The molecule has 0 rings (SSSR count). The maximum absolute atomic E-state index is 10.7. The average Bonchev–Trinajstić information content (AvgIpc) is 2.04. The Hall–Kier alpha value is -1.85. The number of carboxylic acids is 2. The number of carbonyl (C=O) groups is 3. The number of rotatable bonds is 5. The molecule has 0 bridgehead atoms. The lowest BCUT2D eigenvalue weighted by molar-refractivity contribution is -0.149. The molecule has 0 aliphatic rings. The molecular weight excluding hydrogens is 180 g/mol. The van der Waals surface area contributed by atoms with Crippen molar-refractivity contribution in [3.05, 3.63) is 11.8 Å². The van der Waals surface area contributed by atoms with Crippen LogP contribution in [0.1, 0.15) is 6.92 Å². The molecule has 6 nitrogen and oxygen atoms in total. The van der Waals surface area contributed by atoms with Gasteiger partial charge in [-0.2, -0.15) is 0 Å². The van der Waals surface area contributed by atoms with E-state index in [4.69, 9.17) is 10.2 Å². The SMILES string of the molecule is CCOC=C(C(=O)O)C(=O)C(=O)O. The van der Waals surface area contributed by atoms with Gasteiger partial charge in [0.1, 0.15) is 11.8 Å². The zero-order chi connectivity index (χ0) is 10.4. The van der Waals surface area contributed by atoms with Crippen LogP contribution in [0.3, 0.4) is 0 Å². The maximum atomic E-state index is 10.7. The van der Waals surface area contributed by atoms with Crippen molar-refractivity contribution in [3.63, 3.8) is 0 Å². The van der Waals surface area contributed by atoms with Gasteiger partial charge in [0.25, 0.3) is 5.78 Å². The fourth-order valence-electron chi connectivity index (χ4n) is 0.483. The summed E-state index contributed by atoms with van der Waals surface area (Å²) in [6, 6.07) is 0. The topological polar surface area (TPSA) is 101 Å². The highest BCUT2D eigenvalue weighted by Crippen LogP contribution is 1.98. The minimum atomic E-state index is -1.83. The molecule has 0 aromatic rings. The number of carboxylic acid groups (broad SMARTS) is 2. The molecule has 13 heavy (non-hydrogen) atoms. The monoisotopic (exact) mass is 188 g/mol. The van der Waals surface area contributed by atoms with Crippen LogP contribution in [0, 0.1) is 0 Å². The summed E-state index contributed by atoms with van der Waals surface area (Å²) < 4.78 is 4.50. The third kappa shape index (κ3) is 3.37. The normalized spacial score (nSPS) is 10.7. The number of carbonyl (C=O) groups excluding carboxylic acids is 1. The van der Waals surface area contributed by atoms with Crippen LogP contribution in [0.5, 0.6) is 0 Å². The number of hydrogen-bond acceptors (Lipinski definition) is 4. The highest BCUT2D eigenvalue weighted by Gasteiger charge is 2.24. The molecule has 0 fully saturated rings. The van der Waals surface area contributed by atoms with Crippen LogP contribution in [-0.4, -0.2) is 34.5 Å². The smallest absolute Gasteiger partial charge is 0.377 e. The van der Waals surface area contributed by atoms with Crippen LogP contribution in [-0.2, 0) is 19.1 Å². The van der Waals surface area contributed by atoms with Crippen LogP contribution in [0.25, 0.3) is 0 Å². The molecule has 0 radical (unpaired) electrons. The Bertz CT molecular complexity index is 264. The lowest BCUT2D eigenvalue weighted by Crippen LogP contribution is -2.21. The zero-order valence-electron chi connectivity index (χ0n) is 6.81. The maximum Gasteiger partial charge on any atom is 0.377 e. The average molecular weight is 188 g/mol. The molecule has 0 saturated carbocycles. The molecule has 2 N–H and O–H groups in total. The fourth-order valence-corrected chi connectivity index (χ4v) is 0.483. The summed E-state index contributed by atoms with van der Waals surface area (Å²) in [7, 11) is 0. The van der Waals surface area contributed by atoms with Crippen LogP contribution in [0.4, 0.5) is 0 Å². The molecule has 0 spiro atoms. The molecule has 0 unspecified atom stereocenters. The highest BCUT2D eigenvalue weighted by atomic mass is 16.5. The van der Waals surface area contributed by atoms with Gasteiger partial charge in [0.2, 0.25) is 0 Å². The predicted octanol–water partition coefficient (Wildman–Crippen LogP) is -0.355. The van der Waals surface area contributed by atoms with E-state index in [1.54, 1.807) is 6.92 Å². The molecule has 6 heteroatoms. The summed E-state index contributed by atoms with van der Waals surface area (Å²) in [5.74, 6) is -4.95. The second-order valence-electron chi connectivity index (χ2n) is 1.93. The number of ketones is 1. The van der Waals surface area contributed by atoms with Gasteiger partial charge in [0.15, 0.2) is 0 Å². The van der Waals surface area contributed by atoms with Crippen molar-refractivity contribution in [1.29, 1.82) is 0 Å². The van der Waals surface area contributed by atoms with Gasteiger partial charge in [-0.15, -0.1) is 0 Å². The first-order chi connectivity index (χ1) is 6.00. The third-order valence-corrected chi connectivity index (χ3v) is 1.04. The first kappa shape index (κ1) is 11.2. The Kier molecular flexibility index (Phi) is 4.21. The van der Waals surface area contributed by atoms with Crippen molar-refractivity contribution >= 4 is 17.7 Å². The standard InChI is InChI=1S/C7H8O6/c1-2-13-3-4(6(9)10)5(8)7(11)12/h3H,2H2,1H3,(H,9,10)(H,11,12). The Morgan fingerprint density at radius 2 is 1.77 bits per heavy atom. The third-order valence-electron chi connectivity index (χ3n) is 1.04. The lowest BCUT2D eigenvalue weighted by atomic mass is 10.2. The molecule has 0 saturated heterocycles. The minimum absolute atomic E-state index is 0.156.